The Morgan fingerprint density at radius 2 is 1.73 bits per heavy atom. The third kappa shape index (κ3) is 7.02. The van der Waals surface area contributed by atoms with Gasteiger partial charge in [-0.1, -0.05) is 75.2 Å². The summed E-state index contributed by atoms with van der Waals surface area (Å²) >= 11 is 11.8. The lowest BCUT2D eigenvalue weighted by Gasteiger charge is -2.09. The van der Waals surface area contributed by atoms with E-state index in [0.717, 1.165) is 17.7 Å². The molecule has 2 N–H and O–H groups in total. The molecule has 6 nitrogen and oxygen atoms in total. The molecule has 0 radical (unpaired) electrons. The molecule has 4 aromatic rings. The molecule has 8 heteroatoms. The average molecular weight is 532 g/mol. The number of amides is 1. The van der Waals surface area contributed by atoms with E-state index in [1.54, 1.807) is 23.0 Å². The smallest absolute Gasteiger partial charge is 0.250 e. The Balaban J connectivity index is 1.40. The highest BCUT2D eigenvalue weighted by Gasteiger charge is 2.11. The molecule has 1 amide bonds. The molecule has 37 heavy (non-hydrogen) atoms. The second kappa shape index (κ2) is 12.1. The zero-order valence-corrected chi connectivity index (χ0v) is 22.7. The van der Waals surface area contributed by atoms with Crippen LogP contribution < -0.4 is 10.6 Å². The third-order valence-electron chi connectivity index (χ3n) is 5.97. The second-order valence-corrected chi connectivity index (χ2v) is 9.99. The van der Waals surface area contributed by atoms with Crippen molar-refractivity contribution in [3.05, 3.63) is 88.5 Å². The van der Waals surface area contributed by atoms with Crippen molar-refractivity contribution in [2.45, 2.75) is 46.0 Å². The monoisotopic (exact) mass is 531 g/mol. The van der Waals surface area contributed by atoms with Crippen LogP contribution in [-0.2, 0) is 11.2 Å². The topological polar surface area (TPSA) is 71.8 Å². The minimum absolute atomic E-state index is 0.140. The molecular formula is C29H30ClN5OS. The number of unbranched alkanes of at least 4 members (excludes halogenated alkanes) is 1. The summed E-state index contributed by atoms with van der Waals surface area (Å²) < 4.78 is 0. The van der Waals surface area contributed by atoms with Gasteiger partial charge in [0.2, 0.25) is 5.91 Å². The Morgan fingerprint density at radius 3 is 2.38 bits per heavy atom. The summed E-state index contributed by atoms with van der Waals surface area (Å²) in [6, 6.07) is 19.8. The van der Waals surface area contributed by atoms with Gasteiger partial charge >= 0.3 is 0 Å². The molecule has 0 saturated carbocycles. The number of benzene rings is 3. The van der Waals surface area contributed by atoms with Crippen molar-refractivity contribution in [2.75, 3.05) is 5.32 Å². The van der Waals surface area contributed by atoms with E-state index in [-0.39, 0.29) is 11.0 Å². The number of hydrogen-bond acceptors (Lipinski definition) is 4. The van der Waals surface area contributed by atoms with Gasteiger partial charge in [0.05, 0.1) is 16.4 Å². The lowest BCUT2D eigenvalue weighted by Crippen LogP contribution is -2.32. The Hall–Kier alpha value is -3.55. The van der Waals surface area contributed by atoms with Crippen molar-refractivity contribution in [1.82, 2.24) is 20.3 Å². The van der Waals surface area contributed by atoms with E-state index < -0.39 is 0 Å². The van der Waals surface area contributed by atoms with Crippen LogP contribution in [0.15, 0.2) is 66.7 Å². The molecule has 1 aromatic heterocycles. The predicted octanol–water partition coefficient (Wildman–Crippen LogP) is 7.07. The molecular weight excluding hydrogens is 502 g/mol. The van der Waals surface area contributed by atoms with Gasteiger partial charge in [0.25, 0.3) is 0 Å². The number of nitrogens with one attached hydrogen (secondary N) is 2. The van der Waals surface area contributed by atoms with Crippen LogP contribution in [0, 0.1) is 0 Å². The molecule has 0 aliphatic heterocycles. The largest absolute Gasteiger partial charge is 0.331 e. The van der Waals surface area contributed by atoms with Crippen molar-refractivity contribution in [3.8, 4) is 5.69 Å². The van der Waals surface area contributed by atoms with E-state index >= 15 is 0 Å². The van der Waals surface area contributed by atoms with Gasteiger partial charge in [-0.3, -0.25) is 10.1 Å². The van der Waals surface area contributed by atoms with Gasteiger partial charge in [0.15, 0.2) is 5.11 Å². The zero-order chi connectivity index (χ0) is 26.4. The SMILES string of the molecule is CCCCc1ccc(-n2nc3cc(Cl)c(NC(=S)NC(=O)/C=C/c4ccc(C(C)C)cc4)cc3n2)cc1. The van der Waals surface area contributed by atoms with E-state index in [1.165, 1.54) is 30.0 Å². The predicted molar refractivity (Wildman–Crippen MR) is 156 cm³/mol. The molecule has 0 aliphatic rings. The summed E-state index contributed by atoms with van der Waals surface area (Å²) in [5.74, 6) is 0.123. The van der Waals surface area contributed by atoms with Crippen LogP contribution in [0.1, 0.15) is 56.2 Å². The first-order valence-electron chi connectivity index (χ1n) is 12.4. The fourth-order valence-corrected chi connectivity index (χ4v) is 4.21. The highest BCUT2D eigenvalue weighted by molar-refractivity contribution is 7.80. The van der Waals surface area contributed by atoms with Gasteiger partial charge < -0.3 is 5.32 Å². The number of aryl methyl sites for hydroxylation is 1. The molecule has 0 atom stereocenters. The number of anilines is 1. The molecule has 3 aromatic carbocycles. The number of aromatic nitrogens is 3. The van der Waals surface area contributed by atoms with Crippen LogP contribution in [0.2, 0.25) is 5.02 Å². The van der Waals surface area contributed by atoms with Gasteiger partial charge in [0, 0.05) is 6.08 Å². The maximum Gasteiger partial charge on any atom is 0.250 e. The quantitative estimate of drug-likeness (QED) is 0.188. The summed E-state index contributed by atoms with van der Waals surface area (Å²) in [5.41, 5.74) is 6.20. The number of nitrogens with zero attached hydrogens (tertiary/aromatic N) is 3. The highest BCUT2D eigenvalue weighted by atomic mass is 35.5. The maximum absolute atomic E-state index is 12.3. The standard InChI is InChI=1S/C29H30ClN5OS/c1-4-5-6-20-9-14-23(15-10-20)35-33-26-17-24(30)25(18-27(26)34-35)31-29(37)32-28(36)16-11-21-7-12-22(13-8-21)19(2)3/h7-19H,4-6H2,1-3H3,(H2,31,32,36,37)/b16-11+. The summed E-state index contributed by atoms with van der Waals surface area (Å²) in [7, 11) is 0. The fraction of sp³-hybridized carbons (Fsp3) is 0.241. The molecule has 1 heterocycles. The van der Waals surface area contributed by atoms with Crippen molar-refractivity contribution in [2.24, 2.45) is 0 Å². The van der Waals surface area contributed by atoms with Crippen molar-refractivity contribution in [3.63, 3.8) is 0 Å². The Kier molecular flexibility index (Phi) is 8.69. The molecule has 4 rings (SSSR count). The number of thiocarbonyl (C=S) groups is 1. The normalized spacial score (nSPS) is 11.4. The Morgan fingerprint density at radius 1 is 1.05 bits per heavy atom. The minimum atomic E-state index is -0.337. The second-order valence-electron chi connectivity index (χ2n) is 9.18. The lowest BCUT2D eigenvalue weighted by molar-refractivity contribution is -0.115. The van der Waals surface area contributed by atoms with E-state index in [0.29, 0.717) is 27.7 Å². The van der Waals surface area contributed by atoms with Crippen LogP contribution in [-0.4, -0.2) is 26.0 Å². The lowest BCUT2D eigenvalue weighted by atomic mass is 10.0. The molecule has 0 aliphatic carbocycles. The first kappa shape index (κ1) is 26.5. The van der Waals surface area contributed by atoms with Gasteiger partial charge in [-0.15, -0.1) is 10.2 Å². The Bertz CT molecular complexity index is 1430. The number of halogens is 1. The highest BCUT2D eigenvalue weighted by Crippen LogP contribution is 2.27. The van der Waals surface area contributed by atoms with Gasteiger partial charge in [-0.25, -0.2) is 0 Å². The van der Waals surface area contributed by atoms with E-state index in [4.69, 9.17) is 23.8 Å². The molecule has 0 spiro atoms. The molecule has 0 bridgehead atoms. The van der Waals surface area contributed by atoms with Crippen LogP contribution in [0.25, 0.3) is 22.8 Å². The summed E-state index contributed by atoms with van der Waals surface area (Å²) in [6.45, 7) is 6.48. The number of hydrogen-bond donors (Lipinski definition) is 2. The fourth-order valence-electron chi connectivity index (χ4n) is 3.80. The molecule has 0 saturated heterocycles. The van der Waals surface area contributed by atoms with Crippen LogP contribution in [0.4, 0.5) is 5.69 Å². The number of fused-ring (bicyclic) bond motifs is 1. The number of carbonyl (C=O) groups excluding carboxylic acids is 1. The third-order valence-corrected chi connectivity index (χ3v) is 6.49. The van der Waals surface area contributed by atoms with Crippen LogP contribution in [0.3, 0.4) is 0 Å². The summed E-state index contributed by atoms with van der Waals surface area (Å²) in [6.07, 6.45) is 6.59. The minimum Gasteiger partial charge on any atom is -0.331 e. The molecule has 0 unspecified atom stereocenters. The van der Waals surface area contributed by atoms with Gasteiger partial charge in [0.1, 0.15) is 11.0 Å². The van der Waals surface area contributed by atoms with Crippen molar-refractivity contribution in [1.29, 1.82) is 0 Å². The number of carbonyl (C=O) groups is 1. The average Bonchev–Trinajstić information content (AvgIpc) is 3.29. The van der Waals surface area contributed by atoms with E-state index in [9.17, 15) is 4.79 Å². The maximum atomic E-state index is 12.3. The van der Waals surface area contributed by atoms with E-state index in [2.05, 4.69) is 65.9 Å². The van der Waals surface area contributed by atoms with Crippen molar-refractivity contribution >= 4 is 57.6 Å². The van der Waals surface area contributed by atoms with Crippen LogP contribution >= 0.6 is 23.8 Å². The molecule has 0 fully saturated rings. The molecule has 190 valence electrons. The summed E-state index contributed by atoms with van der Waals surface area (Å²) in [5, 5.41) is 15.3. The van der Waals surface area contributed by atoms with Crippen molar-refractivity contribution < 1.29 is 4.79 Å². The zero-order valence-electron chi connectivity index (χ0n) is 21.2. The van der Waals surface area contributed by atoms with Crippen LogP contribution in [0.5, 0.6) is 0 Å². The van der Waals surface area contributed by atoms with Gasteiger partial charge in [-0.2, -0.15) is 4.80 Å². The van der Waals surface area contributed by atoms with Gasteiger partial charge in [-0.05, 0) is 78.0 Å². The Labute approximate surface area is 227 Å². The number of rotatable bonds is 8. The van der Waals surface area contributed by atoms with E-state index in [1.807, 2.05) is 24.3 Å². The summed E-state index contributed by atoms with van der Waals surface area (Å²) in [4.78, 5) is 13.9. The first-order valence-corrected chi connectivity index (χ1v) is 13.2. The first-order chi connectivity index (χ1) is 17.8.